The quantitative estimate of drug-likeness (QED) is 0.610. The molecule has 8 heteroatoms. The number of benzene rings is 2. The van der Waals surface area contributed by atoms with Gasteiger partial charge in [0.2, 0.25) is 15.9 Å². The number of hydrogen-bond donors (Lipinski definition) is 1. The number of carbonyl (C=O) groups excluding carboxylic acids is 1. The Morgan fingerprint density at radius 2 is 1.78 bits per heavy atom. The Balaban J connectivity index is 1.87. The van der Waals surface area contributed by atoms with Crippen LogP contribution in [-0.2, 0) is 14.8 Å². The molecule has 2 aromatic carbocycles. The van der Waals surface area contributed by atoms with Crippen molar-refractivity contribution in [2.75, 3.05) is 23.7 Å². The van der Waals surface area contributed by atoms with E-state index in [4.69, 9.17) is 9.47 Å². The van der Waals surface area contributed by atoms with Crippen LogP contribution in [0.15, 0.2) is 48.5 Å². The monoisotopic (exact) mass is 460 g/mol. The maximum atomic E-state index is 13.1. The second-order valence-corrected chi connectivity index (χ2v) is 9.93. The largest absolute Gasteiger partial charge is 0.492 e. The third kappa shape index (κ3) is 5.18. The van der Waals surface area contributed by atoms with Crippen molar-refractivity contribution in [1.29, 1.82) is 0 Å². The smallest absolute Gasteiger partial charge is 0.241 e. The summed E-state index contributed by atoms with van der Waals surface area (Å²) in [7, 11) is -3.72. The molecule has 7 nitrogen and oxygen atoms in total. The first-order chi connectivity index (χ1) is 15.2. The highest BCUT2D eigenvalue weighted by atomic mass is 32.2. The zero-order valence-corrected chi connectivity index (χ0v) is 19.9. The van der Waals surface area contributed by atoms with Crippen molar-refractivity contribution < 1.29 is 22.7 Å². The zero-order valence-electron chi connectivity index (χ0n) is 19.1. The van der Waals surface area contributed by atoms with Gasteiger partial charge in [-0.1, -0.05) is 44.2 Å². The van der Waals surface area contributed by atoms with Crippen LogP contribution < -0.4 is 19.1 Å². The molecule has 0 fully saturated rings. The topological polar surface area (TPSA) is 84.9 Å². The first-order valence-corrected chi connectivity index (χ1v) is 12.8. The minimum Gasteiger partial charge on any atom is -0.492 e. The molecule has 1 atom stereocenters. The third-order valence-corrected chi connectivity index (χ3v) is 7.07. The highest BCUT2D eigenvalue weighted by Crippen LogP contribution is 2.42. The van der Waals surface area contributed by atoms with E-state index in [1.54, 1.807) is 24.3 Å². The van der Waals surface area contributed by atoms with Gasteiger partial charge in [0.25, 0.3) is 0 Å². The molecular weight excluding hydrogens is 428 g/mol. The molecule has 0 saturated carbocycles. The second kappa shape index (κ2) is 9.81. The average molecular weight is 461 g/mol. The van der Waals surface area contributed by atoms with Crippen LogP contribution in [0.4, 0.5) is 5.69 Å². The molecule has 1 amide bonds. The van der Waals surface area contributed by atoms with Crippen LogP contribution >= 0.6 is 0 Å². The predicted molar refractivity (Wildman–Crippen MR) is 126 cm³/mol. The summed E-state index contributed by atoms with van der Waals surface area (Å²) in [5.74, 6) is 0.791. The summed E-state index contributed by atoms with van der Waals surface area (Å²) < 4.78 is 38.1. The first kappa shape index (κ1) is 23.9. The number of nitrogens with zero attached hydrogens (tertiary/aromatic N) is 1. The molecule has 0 aromatic heterocycles. The van der Waals surface area contributed by atoms with Crippen LogP contribution in [-0.4, -0.2) is 39.3 Å². The van der Waals surface area contributed by atoms with Gasteiger partial charge in [0.1, 0.15) is 23.6 Å². The molecule has 174 valence electrons. The third-order valence-electron chi connectivity index (χ3n) is 5.94. The van der Waals surface area contributed by atoms with Crippen LogP contribution in [0.25, 0.3) is 0 Å². The fourth-order valence-electron chi connectivity index (χ4n) is 4.12. The number of sulfonamides is 1. The van der Waals surface area contributed by atoms with E-state index in [0.717, 1.165) is 34.7 Å². The van der Waals surface area contributed by atoms with Crippen LogP contribution in [0.2, 0.25) is 0 Å². The van der Waals surface area contributed by atoms with Gasteiger partial charge in [-0.25, -0.2) is 8.42 Å². The fourth-order valence-corrected chi connectivity index (χ4v) is 4.98. The van der Waals surface area contributed by atoms with Crippen LogP contribution in [0.1, 0.15) is 51.6 Å². The SMILES string of the molecule is CCOc1ccccc1N(CC(=O)NC1CC(CC)(CC)Oc2ccccc21)S(C)(=O)=O. The highest BCUT2D eigenvalue weighted by Gasteiger charge is 2.39. The summed E-state index contributed by atoms with van der Waals surface area (Å²) in [6.07, 6.45) is 3.33. The Morgan fingerprint density at radius 3 is 2.44 bits per heavy atom. The van der Waals surface area contributed by atoms with E-state index in [1.807, 2.05) is 31.2 Å². The zero-order chi connectivity index (χ0) is 23.4. The number of carbonyl (C=O) groups is 1. The van der Waals surface area contributed by atoms with Crippen molar-refractivity contribution in [2.24, 2.45) is 0 Å². The molecule has 0 spiro atoms. The molecule has 1 aliphatic rings. The summed E-state index contributed by atoms with van der Waals surface area (Å²) in [4.78, 5) is 13.1. The number of amides is 1. The number of hydrogen-bond acceptors (Lipinski definition) is 5. The molecule has 2 aromatic rings. The van der Waals surface area contributed by atoms with Gasteiger partial charge < -0.3 is 14.8 Å². The maximum absolute atomic E-state index is 13.1. The standard InChI is InChI=1S/C24H32N2O5S/c1-5-24(6-2)16-19(18-12-8-10-14-21(18)31-24)25-23(27)17-26(32(4,28)29)20-13-9-11-15-22(20)30-7-3/h8-15,19H,5-7,16-17H2,1-4H3,(H,25,27). The van der Waals surface area contributed by atoms with Gasteiger partial charge in [-0.2, -0.15) is 0 Å². The van der Waals surface area contributed by atoms with E-state index in [2.05, 4.69) is 19.2 Å². The van der Waals surface area contributed by atoms with E-state index >= 15 is 0 Å². The Bertz CT molecular complexity index is 1050. The number of fused-ring (bicyclic) bond motifs is 1. The fraction of sp³-hybridized carbons (Fsp3) is 0.458. The molecule has 1 unspecified atom stereocenters. The van der Waals surface area contributed by atoms with Crippen LogP contribution in [0, 0.1) is 0 Å². The summed E-state index contributed by atoms with van der Waals surface area (Å²) in [5, 5.41) is 3.06. The molecule has 0 saturated heterocycles. The van der Waals surface area contributed by atoms with Gasteiger partial charge in [0, 0.05) is 12.0 Å². The van der Waals surface area contributed by atoms with Crippen LogP contribution in [0.5, 0.6) is 11.5 Å². The van der Waals surface area contributed by atoms with Gasteiger partial charge >= 0.3 is 0 Å². The molecule has 0 bridgehead atoms. The number of para-hydroxylation sites is 3. The summed E-state index contributed by atoms with van der Waals surface area (Å²) >= 11 is 0. The van der Waals surface area contributed by atoms with Crippen molar-refractivity contribution in [2.45, 2.75) is 51.7 Å². The van der Waals surface area contributed by atoms with E-state index in [1.165, 1.54) is 0 Å². The van der Waals surface area contributed by atoms with Gasteiger partial charge in [-0.15, -0.1) is 0 Å². The lowest BCUT2D eigenvalue weighted by Gasteiger charge is -2.41. The van der Waals surface area contributed by atoms with Gasteiger partial charge in [-0.05, 0) is 38.0 Å². The molecule has 0 aliphatic carbocycles. The second-order valence-electron chi connectivity index (χ2n) is 8.02. The molecule has 0 radical (unpaired) electrons. The van der Waals surface area contributed by atoms with E-state index in [0.29, 0.717) is 24.5 Å². The first-order valence-electron chi connectivity index (χ1n) is 11.0. The maximum Gasteiger partial charge on any atom is 0.241 e. The van der Waals surface area contributed by atoms with Gasteiger partial charge in [0.05, 0.1) is 24.6 Å². The van der Waals surface area contributed by atoms with E-state index in [9.17, 15) is 13.2 Å². The molecule has 3 rings (SSSR count). The molecule has 1 heterocycles. The molecular formula is C24H32N2O5S. The molecule has 1 N–H and O–H groups in total. The lowest BCUT2D eigenvalue weighted by Crippen LogP contribution is -2.47. The predicted octanol–water partition coefficient (Wildman–Crippen LogP) is 4.05. The Labute approximate surface area is 190 Å². The summed E-state index contributed by atoms with van der Waals surface area (Å²) in [5.41, 5.74) is 0.875. The number of nitrogens with one attached hydrogen (secondary N) is 1. The van der Waals surface area contributed by atoms with Crippen molar-refractivity contribution in [3.05, 3.63) is 54.1 Å². The molecule has 32 heavy (non-hydrogen) atoms. The average Bonchev–Trinajstić information content (AvgIpc) is 2.77. The minimum absolute atomic E-state index is 0.268. The van der Waals surface area contributed by atoms with E-state index in [-0.39, 0.29) is 24.1 Å². The minimum atomic E-state index is -3.72. The number of anilines is 1. The van der Waals surface area contributed by atoms with Crippen molar-refractivity contribution in [1.82, 2.24) is 5.32 Å². The van der Waals surface area contributed by atoms with E-state index < -0.39 is 10.0 Å². The molecule has 1 aliphatic heterocycles. The lowest BCUT2D eigenvalue weighted by molar-refractivity contribution is -0.121. The lowest BCUT2D eigenvalue weighted by atomic mass is 9.83. The number of ether oxygens (including phenoxy) is 2. The summed E-state index contributed by atoms with van der Waals surface area (Å²) in [6, 6.07) is 14.2. The highest BCUT2D eigenvalue weighted by molar-refractivity contribution is 7.92. The Hall–Kier alpha value is -2.74. The van der Waals surface area contributed by atoms with Crippen molar-refractivity contribution in [3.8, 4) is 11.5 Å². The van der Waals surface area contributed by atoms with Crippen molar-refractivity contribution >= 4 is 21.6 Å². The van der Waals surface area contributed by atoms with Crippen molar-refractivity contribution in [3.63, 3.8) is 0 Å². The Kier molecular flexibility index (Phi) is 7.33. The number of rotatable bonds is 9. The van der Waals surface area contributed by atoms with Gasteiger partial charge in [0.15, 0.2) is 0 Å². The van der Waals surface area contributed by atoms with Crippen LogP contribution in [0.3, 0.4) is 0 Å². The van der Waals surface area contributed by atoms with Gasteiger partial charge in [-0.3, -0.25) is 9.10 Å². The summed E-state index contributed by atoms with van der Waals surface area (Å²) in [6.45, 7) is 6.02. The Morgan fingerprint density at radius 1 is 1.12 bits per heavy atom. The normalized spacial score (nSPS) is 17.1.